The average Bonchev–Trinajstić information content (AvgIpc) is 3.16. The lowest BCUT2D eigenvalue weighted by molar-refractivity contribution is 0.193. The fraction of sp³-hybridized carbons (Fsp3) is 1.00. The lowest BCUT2D eigenvalue weighted by atomic mass is 9.89. The van der Waals surface area contributed by atoms with Gasteiger partial charge in [0.2, 0.25) is 0 Å². The van der Waals surface area contributed by atoms with Crippen molar-refractivity contribution in [1.29, 1.82) is 0 Å². The van der Waals surface area contributed by atoms with Gasteiger partial charge in [0.25, 0.3) is 0 Å². The summed E-state index contributed by atoms with van der Waals surface area (Å²) < 4.78 is 0. The number of hydrogen-bond acceptors (Lipinski definition) is 2. The normalized spacial score (nSPS) is 33.5. The summed E-state index contributed by atoms with van der Waals surface area (Å²) in [4.78, 5) is 2.78. The SMILES string of the molecule is C1CCC(CN2CCCNC(C3CC3)C2)CC1. The Morgan fingerprint density at radius 2 is 1.76 bits per heavy atom. The van der Waals surface area contributed by atoms with E-state index in [0.717, 1.165) is 17.9 Å². The molecule has 1 N–H and O–H groups in total. The fourth-order valence-corrected chi connectivity index (χ4v) is 3.74. The Kier molecular flexibility index (Phi) is 4.02. The molecular weight excluding hydrogens is 208 g/mol. The number of nitrogens with zero attached hydrogens (tertiary/aromatic N) is 1. The first-order valence-corrected chi connectivity index (χ1v) is 7.87. The molecule has 2 saturated carbocycles. The van der Waals surface area contributed by atoms with Crippen molar-refractivity contribution in [2.24, 2.45) is 11.8 Å². The van der Waals surface area contributed by atoms with Gasteiger partial charge >= 0.3 is 0 Å². The Morgan fingerprint density at radius 3 is 2.53 bits per heavy atom. The van der Waals surface area contributed by atoms with Crippen LogP contribution in [-0.4, -0.2) is 37.1 Å². The molecule has 0 amide bonds. The zero-order chi connectivity index (χ0) is 11.5. The average molecular weight is 236 g/mol. The van der Waals surface area contributed by atoms with E-state index in [1.54, 1.807) is 0 Å². The van der Waals surface area contributed by atoms with Gasteiger partial charge in [-0.3, -0.25) is 0 Å². The van der Waals surface area contributed by atoms with E-state index >= 15 is 0 Å². The maximum absolute atomic E-state index is 3.77. The molecule has 3 aliphatic rings. The van der Waals surface area contributed by atoms with E-state index < -0.39 is 0 Å². The molecule has 3 rings (SSSR count). The molecule has 0 radical (unpaired) electrons. The second-order valence-corrected chi connectivity index (χ2v) is 6.52. The number of rotatable bonds is 3. The summed E-state index contributed by atoms with van der Waals surface area (Å²) in [6.07, 6.45) is 11.8. The van der Waals surface area contributed by atoms with Crippen molar-refractivity contribution in [2.75, 3.05) is 26.2 Å². The van der Waals surface area contributed by atoms with Crippen molar-refractivity contribution < 1.29 is 0 Å². The summed E-state index contributed by atoms with van der Waals surface area (Å²) in [6, 6.07) is 0.820. The molecule has 1 atom stereocenters. The van der Waals surface area contributed by atoms with Crippen LogP contribution >= 0.6 is 0 Å². The predicted octanol–water partition coefficient (Wildman–Crippen LogP) is 2.64. The molecule has 17 heavy (non-hydrogen) atoms. The molecule has 0 aromatic heterocycles. The van der Waals surface area contributed by atoms with Crippen LogP contribution in [0.25, 0.3) is 0 Å². The van der Waals surface area contributed by atoms with E-state index in [9.17, 15) is 0 Å². The van der Waals surface area contributed by atoms with E-state index in [0.29, 0.717) is 0 Å². The maximum atomic E-state index is 3.77. The van der Waals surface area contributed by atoms with Crippen molar-refractivity contribution in [1.82, 2.24) is 10.2 Å². The molecule has 98 valence electrons. The quantitative estimate of drug-likeness (QED) is 0.810. The highest BCUT2D eigenvalue weighted by molar-refractivity contribution is 4.90. The van der Waals surface area contributed by atoms with Crippen LogP contribution < -0.4 is 5.32 Å². The van der Waals surface area contributed by atoms with Gasteiger partial charge in [0.05, 0.1) is 0 Å². The standard InChI is InChI=1S/C15H28N2/c1-2-5-13(6-3-1)11-17-10-4-9-16-15(12-17)14-7-8-14/h13-16H,1-12H2. The van der Waals surface area contributed by atoms with Crippen LogP contribution in [0, 0.1) is 11.8 Å². The van der Waals surface area contributed by atoms with E-state index in [1.807, 2.05) is 0 Å². The van der Waals surface area contributed by atoms with Gasteiger partial charge in [-0.2, -0.15) is 0 Å². The molecule has 2 aliphatic carbocycles. The van der Waals surface area contributed by atoms with Crippen LogP contribution in [0.2, 0.25) is 0 Å². The topological polar surface area (TPSA) is 15.3 Å². The zero-order valence-corrected chi connectivity index (χ0v) is 11.2. The number of hydrogen-bond donors (Lipinski definition) is 1. The van der Waals surface area contributed by atoms with Crippen LogP contribution in [-0.2, 0) is 0 Å². The third kappa shape index (κ3) is 3.45. The predicted molar refractivity (Wildman–Crippen MR) is 72.1 cm³/mol. The molecule has 0 aromatic rings. The van der Waals surface area contributed by atoms with Crippen LogP contribution in [0.1, 0.15) is 51.4 Å². The first-order chi connectivity index (χ1) is 8.42. The molecule has 0 aromatic carbocycles. The van der Waals surface area contributed by atoms with Gasteiger partial charge in [0.15, 0.2) is 0 Å². The smallest absolute Gasteiger partial charge is 0.0223 e. The minimum atomic E-state index is 0.820. The Balaban J connectivity index is 1.49. The monoisotopic (exact) mass is 236 g/mol. The third-order valence-electron chi connectivity index (χ3n) is 4.94. The first kappa shape index (κ1) is 12.0. The summed E-state index contributed by atoms with van der Waals surface area (Å²) in [5.41, 5.74) is 0. The highest BCUT2D eigenvalue weighted by Crippen LogP contribution is 2.34. The minimum Gasteiger partial charge on any atom is -0.312 e. The Hall–Kier alpha value is -0.0800. The van der Waals surface area contributed by atoms with Crippen molar-refractivity contribution in [3.63, 3.8) is 0 Å². The van der Waals surface area contributed by atoms with Crippen molar-refractivity contribution >= 4 is 0 Å². The summed E-state index contributed by atoms with van der Waals surface area (Å²) >= 11 is 0. The molecule has 2 heteroatoms. The minimum absolute atomic E-state index is 0.820. The van der Waals surface area contributed by atoms with E-state index in [-0.39, 0.29) is 0 Å². The molecule has 1 aliphatic heterocycles. The third-order valence-corrected chi connectivity index (χ3v) is 4.94. The fourth-order valence-electron chi connectivity index (χ4n) is 3.74. The van der Waals surface area contributed by atoms with Gasteiger partial charge in [-0.25, -0.2) is 0 Å². The lowest BCUT2D eigenvalue weighted by Gasteiger charge is -2.30. The van der Waals surface area contributed by atoms with Crippen molar-refractivity contribution in [3.8, 4) is 0 Å². The first-order valence-electron chi connectivity index (χ1n) is 7.87. The van der Waals surface area contributed by atoms with E-state index in [2.05, 4.69) is 10.2 Å². The highest BCUT2D eigenvalue weighted by Gasteiger charge is 2.33. The lowest BCUT2D eigenvalue weighted by Crippen LogP contribution is -2.41. The van der Waals surface area contributed by atoms with Crippen LogP contribution in [0.3, 0.4) is 0 Å². The molecule has 1 unspecified atom stereocenters. The molecule has 0 bridgehead atoms. The Morgan fingerprint density at radius 1 is 0.941 bits per heavy atom. The molecule has 2 nitrogen and oxygen atoms in total. The summed E-state index contributed by atoms with van der Waals surface area (Å²) in [6.45, 7) is 5.32. The molecule has 1 saturated heterocycles. The van der Waals surface area contributed by atoms with Gasteiger partial charge in [0.1, 0.15) is 0 Å². The largest absolute Gasteiger partial charge is 0.312 e. The second kappa shape index (κ2) is 5.71. The maximum Gasteiger partial charge on any atom is 0.0223 e. The van der Waals surface area contributed by atoms with Crippen LogP contribution in [0.4, 0.5) is 0 Å². The molecule has 0 spiro atoms. The van der Waals surface area contributed by atoms with Crippen LogP contribution in [0.5, 0.6) is 0 Å². The van der Waals surface area contributed by atoms with Crippen molar-refractivity contribution in [2.45, 2.75) is 57.4 Å². The second-order valence-electron chi connectivity index (χ2n) is 6.52. The molecular formula is C15H28N2. The van der Waals surface area contributed by atoms with E-state index in [4.69, 9.17) is 0 Å². The highest BCUT2D eigenvalue weighted by atomic mass is 15.2. The van der Waals surface area contributed by atoms with Gasteiger partial charge in [-0.15, -0.1) is 0 Å². The summed E-state index contributed by atoms with van der Waals surface area (Å²) in [7, 11) is 0. The summed E-state index contributed by atoms with van der Waals surface area (Å²) in [5, 5.41) is 3.77. The van der Waals surface area contributed by atoms with Crippen molar-refractivity contribution in [3.05, 3.63) is 0 Å². The number of nitrogens with one attached hydrogen (secondary N) is 1. The Labute approximate surface area is 106 Å². The van der Waals surface area contributed by atoms with Crippen LogP contribution in [0.15, 0.2) is 0 Å². The Bertz CT molecular complexity index is 231. The van der Waals surface area contributed by atoms with Gasteiger partial charge < -0.3 is 10.2 Å². The summed E-state index contributed by atoms with van der Waals surface area (Å²) in [5.74, 6) is 2.03. The van der Waals surface area contributed by atoms with Gasteiger partial charge in [-0.05, 0) is 57.0 Å². The van der Waals surface area contributed by atoms with E-state index in [1.165, 1.54) is 77.5 Å². The van der Waals surface area contributed by atoms with Gasteiger partial charge in [-0.1, -0.05) is 19.3 Å². The molecule has 1 heterocycles. The van der Waals surface area contributed by atoms with Gasteiger partial charge in [0, 0.05) is 19.1 Å². The zero-order valence-electron chi connectivity index (χ0n) is 11.2. The molecule has 3 fully saturated rings.